The van der Waals surface area contributed by atoms with Gasteiger partial charge in [-0.05, 0) is 44.0 Å². The SMILES string of the molecule is CCN1CCC[C@H]1CNC(=O)[C@@H]1CC(=O)N[C@H](C(C)C)C(=O)N(C)CCOc2ccccc2C(=O)N1. The Bertz CT molecular complexity index is 952. The van der Waals surface area contributed by atoms with E-state index in [0.29, 0.717) is 12.3 Å². The average Bonchev–Trinajstić information content (AvgIpc) is 3.32. The number of benzene rings is 1. The van der Waals surface area contributed by atoms with E-state index in [1.165, 1.54) is 4.90 Å². The molecular weight excluding hydrogens is 462 g/mol. The fraction of sp³-hybridized carbons (Fsp3) is 0.615. The van der Waals surface area contributed by atoms with Crippen molar-refractivity contribution in [3.63, 3.8) is 0 Å². The lowest BCUT2D eigenvalue weighted by atomic mass is 10.0. The molecule has 0 radical (unpaired) electrons. The highest BCUT2D eigenvalue weighted by Crippen LogP contribution is 2.19. The average molecular weight is 502 g/mol. The summed E-state index contributed by atoms with van der Waals surface area (Å²) < 4.78 is 5.83. The first-order valence-corrected chi connectivity index (χ1v) is 12.8. The van der Waals surface area contributed by atoms with Gasteiger partial charge in [-0.15, -0.1) is 0 Å². The zero-order chi connectivity index (χ0) is 26.2. The van der Waals surface area contributed by atoms with E-state index in [0.717, 1.165) is 25.9 Å². The van der Waals surface area contributed by atoms with Crippen LogP contribution in [0, 0.1) is 5.92 Å². The van der Waals surface area contributed by atoms with Crippen LogP contribution >= 0.6 is 0 Å². The number of amides is 4. The number of carbonyl (C=O) groups excluding carboxylic acids is 4. The Morgan fingerprint density at radius 2 is 1.92 bits per heavy atom. The highest BCUT2D eigenvalue weighted by atomic mass is 16.5. The summed E-state index contributed by atoms with van der Waals surface area (Å²) in [4.78, 5) is 56.2. The molecule has 0 unspecified atom stereocenters. The van der Waals surface area contributed by atoms with E-state index in [-0.39, 0.29) is 43.0 Å². The van der Waals surface area contributed by atoms with Gasteiger partial charge in [0.1, 0.15) is 24.4 Å². The molecule has 1 aromatic carbocycles. The number of para-hydroxylation sites is 1. The van der Waals surface area contributed by atoms with Crippen LogP contribution in [0.1, 0.15) is 50.4 Å². The summed E-state index contributed by atoms with van der Waals surface area (Å²) in [6.45, 7) is 8.58. The highest BCUT2D eigenvalue weighted by Gasteiger charge is 2.32. The van der Waals surface area contributed by atoms with E-state index in [2.05, 4.69) is 27.8 Å². The lowest BCUT2D eigenvalue weighted by Gasteiger charge is -2.29. The van der Waals surface area contributed by atoms with Crippen molar-refractivity contribution in [2.45, 2.75) is 58.2 Å². The maximum Gasteiger partial charge on any atom is 0.255 e. The molecule has 3 N–H and O–H groups in total. The predicted octanol–water partition coefficient (Wildman–Crippen LogP) is 0.767. The van der Waals surface area contributed by atoms with Gasteiger partial charge in [-0.2, -0.15) is 0 Å². The summed E-state index contributed by atoms with van der Waals surface area (Å²) in [6.07, 6.45) is 1.78. The maximum absolute atomic E-state index is 13.2. The van der Waals surface area contributed by atoms with Gasteiger partial charge in [-0.1, -0.05) is 32.9 Å². The molecule has 0 bridgehead atoms. The van der Waals surface area contributed by atoms with Gasteiger partial charge in [0.15, 0.2) is 0 Å². The van der Waals surface area contributed by atoms with E-state index in [1.54, 1.807) is 31.3 Å². The van der Waals surface area contributed by atoms with E-state index in [1.807, 2.05) is 13.8 Å². The molecule has 36 heavy (non-hydrogen) atoms. The van der Waals surface area contributed by atoms with Crippen molar-refractivity contribution in [3.8, 4) is 5.75 Å². The highest BCUT2D eigenvalue weighted by molar-refractivity contribution is 6.01. The summed E-state index contributed by atoms with van der Waals surface area (Å²) in [5, 5.41) is 8.42. The molecule has 0 spiro atoms. The van der Waals surface area contributed by atoms with Crippen molar-refractivity contribution in [2.24, 2.45) is 5.92 Å². The summed E-state index contributed by atoms with van der Waals surface area (Å²) >= 11 is 0. The van der Waals surface area contributed by atoms with Gasteiger partial charge in [0.2, 0.25) is 17.7 Å². The Kier molecular flexibility index (Phi) is 9.69. The van der Waals surface area contributed by atoms with Crippen molar-refractivity contribution in [1.82, 2.24) is 25.8 Å². The van der Waals surface area contributed by atoms with Crippen LogP contribution in [0.2, 0.25) is 0 Å². The minimum Gasteiger partial charge on any atom is -0.491 e. The van der Waals surface area contributed by atoms with E-state index < -0.39 is 29.8 Å². The Balaban J connectivity index is 1.83. The van der Waals surface area contributed by atoms with E-state index in [9.17, 15) is 19.2 Å². The molecule has 2 aliphatic heterocycles. The summed E-state index contributed by atoms with van der Waals surface area (Å²) in [5.74, 6) is -1.47. The zero-order valence-electron chi connectivity index (χ0n) is 21.7. The van der Waals surface area contributed by atoms with Gasteiger partial charge >= 0.3 is 0 Å². The molecule has 2 heterocycles. The van der Waals surface area contributed by atoms with Crippen LogP contribution in [0.5, 0.6) is 5.75 Å². The number of nitrogens with zero attached hydrogens (tertiary/aromatic N) is 2. The molecule has 0 aliphatic carbocycles. The molecule has 1 aromatic rings. The molecule has 4 amide bonds. The molecule has 0 aromatic heterocycles. The molecule has 1 fully saturated rings. The fourth-order valence-corrected chi connectivity index (χ4v) is 4.68. The standard InChI is InChI=1S/C26H39N5O5/c1-5-31-12-8-9-18(31)16-27-25(34)20-15-22(32)29-23(17(2)3)26(35)30(4)13-14-36-21-11-7-6-10-19(21)24(33)28-20/h6-7,10-11,17-18,20,23H,5,8-9,12-16H2,1-4H3,(H,27,34)(H,28,33)(H,29,32)/t18-,20-,23+/m0/s1. The van der Waals surface area contributed by atoms with Crippen LogP contribution in [0.4, 0.5) is 0 Å². The summed E-state index contributed by atoms with van der Waals surface area (Å²) in [5.41, 5.74) is 0.259. The molecule has 10 heteroatoms. The molecular formula is C26H39N5O5. The molecule has 0 saturated carbocycles. The zero-order valence-corrected chi connectivity index (χ0v) is 21.7. The third-order valence-corrected chi connectivity index (χ3v) is 6.87. The molecule has 198 valence electrons. The quantitative estimate of drug-likeness (QED) is 0.548. The first kappa shape index (κ1) is 27.4. The summed E-state index contributed by atoms with van der Waals surface area (Å²) in [6, 6.07) is 5.09. The van der Waals surface area contributed by atoms with Gasteiger partial charge in [0.25, 0.3) is 5.91 Å². The molecule has 2 aliphatic rings. The van der Waals surface area contributed by atoms with Crippen molar-refractivity contribution in [1.29, 1.82) is 0 Å². The lowest BCUT2D eigenvalue weighted by molar-refractivity contribution is -0.137. The number of likely N-dealkylation sites (tertiary alicyclic amines) is 1. The first-order chi connectivity index (χ1) is 17.2. The van der Waals surface area contributed by atoms with Crippen molar-refractivity contribution in [3.05, 3.63) is 29.8 Å². The molecule has 1 saturated heterocycles. The smallest absolute Gasteiger partial charge is 0.255 e. The van der Waals surface area contributed by atoms with Crippen LogP contribution in [-0.2, 0) is 14.4 Å². The Morgan fingerprint density at radius 1 is 1.17 bits per heavy atom. The monoisotopic (exact) mass is 501 g/mol. The molecule has 3 atom stereocenters. The minimum absolute atomic E-state index is 0.164. The van der Waals surface area contributed by atoms with Crippen LogP contribution in [-0.4, -0.2) is 91.4 Å². The summed E-state index contributed by atoms with van der Waals surface area (Å²) in [7, 11) is 1.65. The van der Waals surface area contributed by atoms with E-state index >= 15 is 0 Å². The normalized spacial score (nSPS) is 24.4. The fourth-order valence-electron chi connectivity index (χ4n) is 4.68. The maximum atomic E-state index is 13.2. The van der Waals surface area contributed by atoms with Gasteiger partial charge in [0, 0.05) is 19.6 Å². The third kappa shape index (κ3) is 6.96. The Labute approximate surface area is 213 Å². The topological polar surface area (TPSA) is 120 Å². The number of hydrogen-bond acceptors (Lipinski definition) is 6. The number of likely N-dealkylation sites (N-methyl/N-ethyl adjacent to an activating group) is 2. The minimum atomic E-state index is -1.11. The third-order valence-electron chi connectivity index (χ3n) is 6.87. The Hall–Kier alpha value is -3.14. The van der Waals surface area contributed by atoms with Gasteiger partial charge in [0.05, 0.1) is 18.5 Å². The largest absolute Gasteiger partial charge is 0.491 e. The van der Waals surface area contributed by atoms with Gasteiger partial charge in [-0.25, -0.2) is 0 Å². The van der Waals surface area contributed by atoms with Crippen LogP contribution in [0.25, 0.3) is 0 Å². The second-order valence-electron chi connectivity index (χ2n) is 9.79. The number of hydrogen-bond donors (Lipinski definition) is 3. The van der Waals surface area contributed by atoms with Crippen LogP contribution in [0.3, 0.4) is 0 Å². The molecule has 3 rings (SSSR count). The van der Waals surface area contributed by atoms with Crippen molar-refractivity contribution >= 4 is 23.6 Å². The second-order valence-corrected chi connectivity index (χ2v) is 9.79. The first-order valence-electron chi connectivity index (χ1n) is 12.8. The number of nitrogens with one attached hydrogen (secondary N) is 3. The second kappa shape index (κ2) is 12.7. The van der Waals surface area contributed by atoms with Crippen LogP contribution < -0.4 is 20.7 Å². The number of rotatable bonds is 5. The number of fused-ring (bicyclic) bond motifs is 1. The number of ether oxygens (including phenoxy) is 1. The van der Waals surface area contributed by atoms with Crippen molar-refractivity contribution in [2.75, 3.05) is 39.8 Å². The Morgan fingerprint density at radius 3 is 2.64 bits per heavy atom. The van der Waals surface area contributed by atoms with Gasteiger partial charge in [-0.3, -0.25) is 24.1 Å². The lowest BCUT2D eigenvalue weighted by Crippen LogP contribution is -2.54. The van der Waals surface area contributed by atoms with Crippen LogP contribution in [0.15, 0.2) is 24.3 Å². The number of carbonyl (C=O) groups is 4. The predicted molar refractivity (Wildman–Crippen MR) is 135 cm³/mol. The van der Waals surface area contributed by atoms with Gasteiger partial charge < -0.3 is 25.6 Å². The van der Waals surface area contributed by atoms with E-state index in [4.69, 9.17) is 4.74 Å². The van der Waals surface area contributed by atoms with Crippen molar-refractivity contribution < 1.29 is 23.9 Å². The molecule has 10 nitrogen and oxygen atoms in total.